The predicted octanol–water partition coefficient (Wildman–Crippen LogP) is 3.09. The normalized spacial score (nSPS) is 11.6. The van der Waals surface area contributed by atoms with Gasteiger partial charge in [-0.25, -0.2) is 8.42 Å². The van der Waals surface area contributed by atoms with Crippen LogP contribution >= 0.6 is 0 Å². The first-order chi connectivity index (χ1) is 9.60. The Kier molecular flexibility index (Phi) is 4.48. The summed E-state index contributed by atoms with van der Waals surface area (Å²) < 4.78 is 24.0. The fraction of sp³-hybridized carbons (Fsp3) is 0.0625. The van der Waals surface area contributed by atoms with Gasteiger partial charge in [-0.05, 0) is 17.7 Å². The second kappa shape index (κ2) is 6.30. The van der Waals surface area contributed by atoms with Crippen LogP contribution < -0.4 is 0 Å². The van der Waals surface area contributed by atoms with Gasteiger partial charge in [0.05, 0.1) is 4.90 Å². The molecule has 0 saturated carbocycles. The van der Waals surface area contributed by atoms with E-state index in [2.05, 4.69) is 0 Å². The molecule has 0 unspecified atom stereocenters. The minimum Gasteiger partial charge on any atom is -0.281 e. The molecule has 0 aliphatic carbocycles. The molecule has 2 aromatic rings. The summed E-state index contributed by atoms with van der Waals surface area (Å²) in [4.78, 5) is 11.9. The van der Waals surface area contributed by atoms with Crippen LogP contribution in [0.4, 0.5) is 0 Å². The van der Waals surface area contributed by atoms with Crippen molar-refractivity contribution in [2.75, 3.05) is 0 Å². The zero-order valence-corrected chi connectivity index (χ0v) is 11.6. The van der Waals surface area contributed by atoms with Crippen LogP contribution in [0.3, 0.4) is 0 Å². The predicted molar refractivity (Wildman–Crippen MR) is 78.7 cm³/mol. The van der Waals surface area contributed by atoms with E-state index >= 15 is 0 Å². The number of sulfone groups is 1. The Morgan fingerprint density at radius 1 is 0.900 bits per heavy atom. The van der Waals surface area contributed by atoms with Crippen molar-refractivity contribution >= 4 is 21.0 Å². The summed E-state index contributed by atoms with van der Waals surface area (Å²) in [5.41, 5.74) is 0.928. The van der Waals surface area contributed by atoms with Crippen molar-refractivity contribution < 1.29 is 13.2 Å². The van der Waals surface area contributed by atoms with Crippen molar-refractivity contribution in [2.45, 2.75) is 11.3 Å². The van der Waals surface area contributed by atoms with Crippen LogP contribution in [0, 0.1) is 0 Å². The van der Waals surface area contributed by atoms with Gasteiger partial charge in [-0.1, -0.05) is 60.7 Å². The Morgan fingerprint density at radius 2 is 1.45 bits per heavy atom. The standard InChI is InChI=1S/C16H14O3S/c17-16(13-7-10-14-8-3-1-4-9-14)20(18,19)15-11-5-2-6-12-15/h1-12H,13H2/b10-7+. The first kappa shape index (κ1) is 14.2. The van der Waals surface area contributed by atoms with Crippen LogP contribution in [-0.4, -0.2) is 13.5 Å². The third-order valence-electron chi connectivity index (χ3n) is 2.75. The maximum Gasteiger partial charge on any atom is 0.254 e. The molecule has 3 nitrogen and oxygen atoms in total. The van der Waals surface area contributed by atoms with Gasteiger partial charge in [0.2, 0.25) is 9.84 Å². The first-order valence-electron chi connectivity index (χ1n) is 6.15. The average Bonchev–Trinajstić information content (AvgIpc) is 2.49. The van der Waals surface area contributed by atoms with Gasteiger partial charge in [-0.3, -0.25) is 4.79 Å². The Morgan fingerprint density at radius 3 is 2.05 bits per heavy atom. The fourth-order valence-corrected chi connectivity index (χ4v) is 2.79. The average molecular weight is 286 g/mol. The lowest BCUT2D eigenvalue weighted by molar-refractivity contribution is -0.111. The maximum atomic E-state index is 12.0. The zero-order valence-electron chi connectivity index (χ0n) is 10.8. The van der Waals surface area contributed by atoms with E-state index in [4.69, 9.17) is 0 Å². The molecule has 0 saturated heterocycles. The molecule has 2 aromatic carbocycles. The Balaban J connectivity index is 2.08. The van der Waals surface area contributed by atoms with Crippen molar-refractivity contribution in [1.29, 1.82) is 0 Å². The van der Waals surface area contributed by atoms with E-state index in [0.717, 1.165) is 5.56 Å². The van der Waals surface area contributed by atoms with Gasteiger partial charge in [0.25, 0.3) is 5.12 Å². The molecular formula is C16H14O3S. The van der Waals surface area contributed by atoms with Crippen LogP contribution in [0.25, 0.3) is 6.08 Å². The summed E-state index contributed by atoms with van der Waals surface area (Å²) >= 11 is 0. The smallest absolute Gasteiger partial charge is 0.254 e. The number of hydrogen-bond donors (Lipinski definition) is 0. The Hall–Kier alpha value is -2.20. The quantitative estimate of drug-likeness (QED) is 0.868. The molecule has 0 aliphatic rings. The SMILES string of the molecule is O=C(C/C=C/c1ccccc1)S(=O)(=O)c1ccccc1. The summed E-state index contributed by atoms with van der Waals surface area (Å²) in [6, 6.07) is 17.2. The van der Waals surface area contributed by atoms with Crippen LogP contribution in [0.1, 0.15) is 12.0 Å². The molecular weight excluding hydrogens is 272 g/mol. The second-order valence-corrected chi connectivity index (χ2v) is 6.14. The number of carbonyl (C=O) groups is 1. The van der Waals surface area contributed by atoms with E-state index in [0.29, 0.717) is 0 Å². The van der Waals surface area contributed by atoms with Crippen molar-refractivity contribution in [3.63, 3.8) is 0 Å². The lowest BCUT2D eigenvalue weighted by atomic mass is 10.2. The molecule has 0 N–H and O–H groups in total. The van der Waals surface area contributed by atoms with Gasteiger partial charge in [-0.15, -0.1) is 0 Å². The van der Waals surface area contributed by atoms with Gasteiger partial charge in [0.1, 0.15) is 0 Å². The molecule has 20 heavy (non-hydrogen) atoms. The minimum atomic E-state index is -3.88. The van der Waals surface area contributed by atoms with Crippen molar-refractivity contribution in [3.8, 4) is 0 Å². The molecule has 0 bridgehead atoms. The monoisotopic (exact) mass is 286 g/mol. The third kappa shape index (κ3) is 3.42. The summed E-state index contributed by atoms with van der Waals surface area (Å²) in [6.45, 7) is 0. The molecule has 0 radical (unpaired) electrons. The number of rotatable bonds is 4. The van der Waals surface area contributed by atoms with Crippen LogP contribution in [0.5, 0.6) is 0 Å². The third-order valence-corrected chi connectivity index (χ3v) is 4.41. The summed E-state index contributed by atoms with van der Waals surface area (Å²) in [5, 5.41) is -0.795. The van der Waals surface area contributed by atoms with Crippen LogP contribution in [0.15, 0.2) is 71.6 Å². The lowest BCUT2D eigenvalue weighted by Gasteiger charge is -2.00. The van der Waals surface area contributed by atoms with E-state index < -0.39 is 15.0 Å². The highest BCUT2D eigenvalue weighted by Gasteiger charge is 2.22. The zero-order chi connectivity index (χ0) is 14.4. The number of allylic oxidation sites excluding steroid dienone is 1. The van der Waals surface area contributed by atoms with Crippen LogP contribution in [-0.2, 0) is 14.6 Å². The maximum absolute atomic E-state index is 12.0. The highest BCUT2D eigenvalue weighted by Crippen LogP contribution is 2.13. The molecule has 102 valence electrons. The molecule has 0 aliphatic heterocycles. The molecule has 4 heteroatoms. The van der Waals surface area contributed by atoms with E-state index in [1.807, 2.05) is 30.3 Å². The molecule has 0 aromatic heterocycles. The summed E-state index contributed by atoms with van der Waals surface area (Å²) in [7, 11) is -3.88. The highest BCUT2D eigenvalue weighted by atomic mass is 32.2. The lowest BCUT2D eigenvalue weighted by Crippen LogP contribution is -2.13. The molecule has 0 spiro atoms. The summed E-state index contributed by atoms with van der Waals surface area (Å²) in [6.07, 6.45) is 3.17. The number of carbonyl (C=O) groups excluding carboxylic acids is 1. The Bertz CT molecular complexity index is 702. The first-order valence-corrected chi connectivity index (χ1v) is 7.63. The number of hydrogen-bond acceptors (Lipinski definition) is 3. The largest absolute Gasteiger partial charge is 0.281 e. The van der Waals surface area contributed by atoms with Gasteiger partial charge >= 0.3 is 0 Å². The van der Waals surface area contributed by atoms with Crippen LogP contribution in [0.2, 0.25) is 0 Å². The number of benzene rings is 2. The molecule has 0 fully saturated rings. The molecule has 0 amide bonds. The molecule has 2 rings (SSSR count). The van der Waals surface area contributed by atoms with E-state index in [1.165, 1.54) is 12.1 Å². The topological polar surface area (TPSA) is 51.2 Å². The minimum absolute atomic E-state index is 0.0399. The highest BCUT2D eigenvalue weighted by molar-refractivity contribution is 8.06. The molecule has 0 atom stereocenters. The van der Waals surface area contributed by atoms with Gasteiger partial charge < -0.3 is 0 Å². The van der Waals surface area contributed by atoms with Gasteiger partial charge in [-0.2, -0.15) is 0 Å². The second-order valence-electron chi connectivity index (χ2n) is 4.21. The van der Waals surface area contributed by atoms with Crippen molar-refractivity contribution in [3.05, 3.63) is 72.3 Å². The van der Waals surface area contributed by atoms with Crippen molar-refractivity contribution in [1.82, 2.24) is 0 Å². The Labute approximate surface area is 118 Å². The fourth-order valence-electron chi connectivity index (χ4n) is 1.70. The van der Waals surface area contributed by atoms with Crippen molar-refractivity contribution in [2.24, 2.45) is 0 Å². The van der Waals surface area contributed by atoms with E-state index in [-0.39, 0.29) is 11.3 Å². The molecule has 0 heterocycles. The van der Waals surface area contributed by atoms with Gasteiger partial charge in [0, 0.05) is 6.42 Å². The van der Waals surface area contributed by atoms with Gasteiger partial charge in [0.15, 0.2) is 0 Å². The summed E-state index contributed by atoms with van der Waals surface area (Å²) in [5.74, 6) is 0. The van der Waals surface area contributed by atoms with E-state index in [9.17, 15) is 13.2 Å². The van der Waals surface area contributed by atoms with E-state index in [1.54, 1.807) is 30.4 Å².